The number of methoxy groups -OCH3 is 1. The first-order valence-electron chi connectivity index (χ1n) is 12.1. The van der Waals surface area contributed by atoms with E-state index in [1.807, 2.05) is 18.2 Å². The molecule has 2 aromatic carbocycles. The maximum Gasteiger partial charge on any atom is 0.289 e. The van der Waals surface area contributed by atoms with Gasteiger partial charge in [-0.2, -0.15) is 20.5 Å². The summed E-state index contributed by atoms with van der Waals surface area (Å²) in [7, 11) is 1.50. The first-order chi connectivity index (χ1) is 19.9. The van der Waals surface area contributed by atoms with Gasteiger partial charge in [-0.1, -0.05) is 18.2 Å². The molecule has 0 radical (unpaired) electrons. The molecule has 0 saturated carbocycles. The molecule has 0 amide bonds. The van der Waals surface area contributed by atoms with Gasteiger partial charge >= 0.3 is 0 Å². The maximum atomic E-state index is 13.7. The Morgan fingerprint density at radius 3 is 2.46 bits per heavy atom. The lowest BCUT2D eigenvalue weighted by molar-refractivity contribution is 0.415. The lowest BCUT2D eigenvalue weighted by Crippen LogP contribution is -2.31. The fourth-order valence-electron chi connectivity index (χ4n) is 4.61. The summed E-state index contributed by atoms with van der Waals surface area (Å²) in [5.74, 6) is -0.0295. The molecule has 0 bridgehead atoms. The van der Waals surface area contributed by atoms with Crippen molar-refractivity contribution in [3.63, 3.8) is 0 Å². The van der Waals surface area contributed by atoms with Crippen LogP contribution in [0.5, 0.6) is 5.75 Å². The average Bonchev–Trinajstić information content (AvgIpc) is 3.14. The Bertz CT molecular complexity index is 2080. The second-order valence-corrected chi connectivity index (χ2v) is 8.78. The molecule has 0 spiro atoms. The maximum absolute atomic E-state index is 13.7. The Kier molecular flexibility index (Phi) is 6.66. The predicted molar refractivity (Wildman–Crippen MR) is 152 cm³/mol. The summed E-state index contributed by atoms with van der Waals surface area (Å²) in [6.07, 6.45) is 3.22. The molecule has 4 aromatic rings. The zero-order valence-corrected chi connectivity index (χ0v) is 21.6. The van der Waals surface area contributed by atoms with Crippen LogP contribution in [0.4, 0.5) is 5.82 Å². The summed E-state index contributed by atoms with van der Waals surface area (Å²) < 4.78 is 11.9. The lowest BCUT2D eigenvalue weighted by atomic mass is 9.96. The van der Waals surface area contributed by atoms with Gasteiger partial charge in [-0.25, -0.2) is 4.99 Å². The summed E-state index contributed by atoms with van der Waals surface area (Å²) in [6, 6.07) is 17.3. The predicted octanol–water partition coefficient (Wildman–Crippen LogP) is 3.58. The fraction of sp³-hybridized carbons (Fsp3) is 0.0667. The van der Waals surface area contributed by atoms with Crippen LogP contribution in [-0.4, -0.2) is 17.6 Å². The first kappa shape index (κ1) is 26.2. The number of allylic oxidation sites excluding steroid dienone is 1. The van der Waals surface area contributed by atoms with Crippen molar-refractivity contribution in [3.05, 3.63) is 110 Å². The molecule has 1 aliphatic heterocycles. The molecule has 2 aromatic heterocycles. The van der Waals surface area contributed by atoms with Crippen LogP contribution in [0.15, 0.2) is 86.0 Å². The van der Waals surface area contributed by atoms with Crippen molar-refractivity contribution >= 4 is 28.3 Å². The molecule has 11 heteroatoms. The Balaban J connectivity index is 1.82. The number of pyridine rings is 1. The van der Waals surface area contributed by atoms with Crippen LogP contribution in [0.3, 0.4) is 0 Å². The van der Waals surface area contributed by atoms with E-state index in [2.05, 4.69) is 17.0 Å². The quantitative estimate of drug-likeness (QED) is 0.356. The standard InChI is InChI=1S/C30H19N7O4/c1-3-5-17-6-4-7-19-26(38)23(15-41-27(17)19)24-20(12-31)29-35-28(34)22(14-33)25(16-8-10-18(40-2)11-9-16)36-37(29)30(39)21(24)13-32/h3-4,6-11,15,36H,1,5H2,2H3,(H2,34,35). The number of rotatable bonds is 5. The molecule has 198 valence electrons. The van der Waals surface area contributed by atoms with Gasteiger partial charge in [0.15, 0.2) is 5.82 Å². The van der Waals surface area contributed by atoms with E-state index in [9.17, 15) is 25.4 Å². The van der Waals surface area contributed by atoms with Crippen molar-refractivity contribution in [3.8, 4) is 35.1 Å². The highest BCUT2D eigenvalue weighted by Gasteiger charge is 2.29. The minimum absolute atomic E-state index is 0.109. The Labute approximate surface area is 232 Å². The van der Waals surface area contributed by atoms with E-state index in [0.717, 1.165) is 10.9 Å². The van der Waals surface area contributed by atoms with Crippen molar-refractivity contribution in [1.29, 1.82) is 15.8 Å². The molecule has 0 fully saturated rings. The smallest absolute Gasteiger partial charge is 0.289 e. The number of amidine groups is 1. The molecule has 0 saturated heterocycles. The number of nitriles is 3. The van der Waals surface area contributed by atoms with E-state index in [0.29, 0.717) is 28.9 Å². The molecule has 41 heavy (non-hydrogen) atoms. The van der Waals surface area contributed by atoms with Crippen LogP contribution in [0.25, 0.3) is 27.8 Å². The summed E-state index contributed by atoms with van der Waals surface area (Å²) >= 11 is 0. The zero-order valence-electron chi connectivity index (χ0n) is 21.6. The number of benzene rings is 2. The zero-order chi connectivity index (χ0) is 29.3. The molecule has 3 N–H and O–H groups in total. The number of hydrogen-bond donors (Lipinski definition) is 2. The SMILES string of the molecule is C=CCc1cccc2c(=O)c(-c3c(C#N)c4n(c(=O)c3C#N)NC(c3ccc(OC)cc3)=C(C#N)C(N)=N4)coc12. The number of fused-ring (bicyclic) bond motifs is 2. The van der Waals surface area contributed by atoms with E-state index in [4.69, 9.17) is 14.9 Å². The van der Waals surface area contributed by atoms with Gasteiger partial charge in [0.1, 0.15) is 58.3 Å². The van der Waals surface area contributed by atoms with E-state index < -0.39 is 16.6 Å². The van der Waals surface area contributed by atoms with Gasteiger partial charge < -0.3 is 14.9 Å². The molecule has 0 atom stereocenters. The number of para-hydroxylation sites is 1. The number of nitrogens with one attached hydrogen (secondary N) is 1. The van der Waals surface area contributed by atoms with Crippen LogP contribution in [0.1, 0.15) is 22.3 Å². The number of hydrogen-bond acceptors (Lipinski definition) is 10. The number of nitrogens with two attached hydrogens (primary N) is 1. The minimum Gasteiger partial charge on any atom is -0.497 e. The van der Waals surface area contributed by atoms with Gasteiger partial charge in [-0.3, -0.25) is 15.0 Å². The minimum atomic E-state index is -0.918. The fourth-order valence-corrected chi connectivity index (χ4v) is 4.61. The Morgan fingerprint density at radius 1 is 1.10 bits per heavy atom. The van der Waals surface area contributed by atoms with E-state index in [1.54, 1.807) is 48.5 Å². The van der Waals surface area contributed by atoms with Gasteiger partial charge in [0.05, 0.1) is 23.8 Å². The molecule has 5 rings (SSSR count). The normalized spacial score (nSPS) is 12.2. The Hall–Kier alpha value is -6.38. The lowest BCUT2D eigenvalue weighted by Gasteiger charge is -2.17. The summed E-state index contributed by atoms with van der Waals surface area (Å²) in [5, 5.41) is 30.5. The van der Waals surface area contributed by atoms with Crippen molar-refractivity contribution in [2.24, 2.45) is 10.7 Å². The number of nitrogens with zero attached hydrogens (tertiary/aromatic N) is 5. The third kappa shape index (κ3) is 4.19. The summed E-state index contributed by atoms with van der Waals surface area (Å²) in [4.78, 5) is 31.7. The van der Waals surface area contributed by atoms with Crippen molar-refractivity contribution in [2.75, 3.05) is 12.5 Å². The van der Waals surface area contributed by atoms with Crippen molar-refractivity contribution < 1.29 is 9.15 Å². The number of aliphatic imine (C=N–C) groups is 1. The van der Waals surface area contributed by atoms with Crippen LogP contribution in [-0.2, 0) is 6.42 Å². The van der Waals surface area contributed by atoms with Crippen LogP contribution in [0, 0.1) is 34.0 Å². The molecule has 0 aliphatic carbocycles. The van der Waals surface area contributed by atoms with Crippen LogP contribution >= 0.6 is 0 Å². The molecule has 11 nitrogen and oxygen atoms in total. The van der Waals surface area contributed by atoms with E-state index >= 15 is 0 Å². The number of aromatic nitrogens is 1. The second kappa shape index (κ2) is 10.4. The largest absolute Gasteiger partial charge is 0.497 e. The highest BCUT2D eigenvalue weighted by molar-refractivity contribution is 6.10. The molecule has 1 aliphatic rings. The van der Waals surface area contributed by atoms with Gasteiger partial charge in [-0.15, -0.1) is 6.58 Å². The van der Waals surface area contributed by atoms with Gasteiger partial charge in [-0.05, 0) is 42.3 Å². The van der Waals surface area contributed by atoms with Crippen molar-refractivity contribution in [2.45, 2.75) is 6.42 Å². The molecule has 3 heterocycles. The Morgan fingerprint density at radius 2 is 1.83 bits per heavy atom. The summed E-state index contributed by atoms with van der Waals surface area (Å²) in [6.45, 7) is 3.72. The van der Waals surface area contributed by atoms with E-state index in [-0.39, 0.29) is 45.0 Å². The first-order valence-corrected chi connectivity index (χ1v) is 12.1. The third-order valence-electron chi connectivity index (χ3n) is 6.54. The number of ether oxygens (including phenoxy) is 1. The van der Waals surface area contributed by atoms with E-state index in [1.165, 1.54) is 7.11 Å². The van der Waals surface area contributed by atoms with Crippen LogP contribution < -0.4 is 26.9 Å². The van der Waals surface area contributed by atoms with Gasteiger partial charge in [0.25, 0.3) is 5.56 Å². The molecular weight excluding hydrogens is 522 g/mol. The van der Waals surface area contributed by atoms with Crippen LogP contribution in [0.2, 0.25) is 0 Å². The second-order valence-electron chi connectivity index (χ2n) is 8.78. The average molecular weight is 542 g/mol. The van der Waals surface area contributed by atoms with Crippen molar-refractivity contribution in [1.82, 2.24) is 4.68 Å². The highest BCUT2D eigenvalue weighted by Crippen LogP contribution is 2.34. The highest BCUT2D eigenvalue weighted by atomic mass is 16.5. The molecule has 0 unspecified atom stereocenters. The monoisotopic (exact) mass is 541 g/mol. The van der Waals surface area contributed by atoms with Gasteiger partial charge in [0, 0.05) is 11.1 Å². The third-order valence-corrected chi connectivity index (χ3v) is 6.54. The summed E-state index contributed by atoms with van der Waals surface area (Å²) in [5.41, 5.74) is 7.81. The van der Waals surface area contributed by atoms with Gasteiger partial charge in [0.2, 0.25) is 5.43 Å². The topological polar surface area (TPSA) is 183 Å². The molecular formula is C30H19N7O4.